The fourth-order valence-corrected chi connectivity index (χ4v) is 4.36. The first-order chi connectivity index (χ1) is 10.9. The molecule has 23 heavy (non-hydrogen) atoms. The lowest BCUT2D eigenvalue weighted by molar-refractivity contribution is 0.0736. The van der Waals surface area contributed by atoms with Crippen molar-refractivity contribution in [3.63, 3.8) is 0 Å². The van der Waals surface area contributed by atoms with Crippen LogP contribution in [-0.2, 0) is 10.0 Å². The Kier molecular flexibility index (Phi) is 4.22. The first kappa shape index (κ1) is 16.1. The molecule has 1 aromatic carbocycles. The summed E-state index contributed by atoms with van der Waals surface area (Å²) in [6, 6.07) is 7.28. The molecule has 1 saturated heterocycles. The second-order valence-electron chi connectivity index (χ2n) is 5.41. The van der Waals surface area contributed by atoms with E-state index in [1.54, 1.807) is 17.0 Å². The van der Waals surface area contributed by atoms with Crippen molar-refractivity contribution in [1.29, 1.82) is 0 Å². The third-order valence-corrected chi connectivity index (χ3v) is 6.26. The molecule has 2 aromatic rings. The second kappa shape index (κ2) is 6.03. The maximum atomic E-state index is 13.1. The van der Waals surface area contributed by atoms with Gasteiger partial charge in [0.25, 0.3) is 5.91 Å². The minimum absolute atomic E-state index is 0.0293. The number of halogens is 1. The van der Waals surface area contributed by atoms with Crippen LogP contribution in [0, 0.1) is 5.82 Å². The molecule has 0 radical (unpaired) electrons. The molecule has 2 N–H and O–H groups in total. The number of hydrogen-bond donors (Lipinski definition) is 1. The molecule has 3 rings (SSSR count). The molecular weight excluding hydrogens is 339 g/mol. The number of benzene rings is 1. The van der Waals surface area contributed by atoms with Crippen molar-refractivity contribution < 1.29 is 17.6 Å². The summed E-state index contributed by atoms with van der Waals surface area (Å²) < 4.78 is 35.7. The number of likely N-dealkylation sites (tertiary alicyclic amines) is 1. The van der Waals surface area contributed by atoms with Crippen LogP contribution in [-0.4, -0.2) is 25.8 Å². The van der Waals surface area contributed by atoms with Gasteiger partial charge < -0.3 is 4.90 Å². The van der Waals surface area contributed by atoms with E-state index < -0.39 is 10.0 Å². The molecule has 1 amide bonds. The number of thiophene rings is 1. The molecule has 1 fully saturated rings. The van der Waals surface area contributed by atoms with Gasteiger partial charge in [0.05, 0.1) is 11.6 Å². The molecule has 1 aromatic heterocycles. The highest BCUT2D eigenvalue weighted by Gasteiger charge is 2.31. The van der Waals surface area contributed by atoms with Crippen molar-refractivity contribution in [2.75, 3.05) is 6.54 Å². The third kappa shape index (κ3) is 3.29. The van der Waals surface area contributed by atoms with Crippen LogP contribution in [0.1, 0.15) is 34.8 Å². The average Bonchev–Trinajstić information content (AvgIpc) is 3.16. The largest absolute Gasteiger partial charge is 0.332 e. The number of rotatable bonds is 3. The van der Waals surface area contributed by atoms with E-state index >= 15 is 0 Å². The van der Waals surface area contributed by atoms with E-state index in [0.717, 1.165) is 29.7 Å². The molecule has 0 spiro atoms. The van der Waals surface area contributed by atoms with Crippen LogP contribution in [0.2, 0.25) is 0 Å². The van der Waals surface area contributed by atoms with Crippen LogP contribution in [0.4, 0.5) is 4.39 Å². The molecule has 122 valence electrons. The normalized spacial score (nSPS) is 18.3. The van der Waals surface area contributed by atoms with E-state index in [1.807, 2.05) is 0 Å². The first-order valence-electron chi connectivity index (χ1n) is 7.04. The average molecular weight is 354 g/mol. The summed E-state index contributed by atoms with van der Waals surface area (Å²) in [6.45, 7) is 0.585. The Morgan fingerprint density at radius 2 is 2.00 bits per heavy atom. The lowest BCUT2D eigenvalue weighted by Crippen LogP contribution is -2.30. The third-order valence-electron chi connectivity index (χ3n) is 3.87. The van der Waals surface area contributed by atoms with Crippen LogP contribution < -0.4 is 5.14 Å². The van der Waals surface area contributed by atoms with Gasteiger partial charge in [0.1, 0.15) is 10.0 Å². The lowest BCUT2D eigenvalue weighted by atomic mass is 10.0. The van der Waals surface area contributed by atoms with Gasteiger partial charge in [-0.15, -0.1) is 11.3 Å². The monoisotopic (exact) mass is 354 g/mol. The van der Waals surface area contributed by atoms with Gasteiger partial charge in [-0.25, -0.2) is 17.9 Å². The Balaban J connectivity index is 1.86. The van der Waals surface area contributed by atoms with Crippen molar-refractivity contribution >= 4 is 27.3 Å². The zero-order valence-electron chi connectivity index (χ0n) is 12.1. The topological polar surface area (TPSA) is 80.5 Å². The Morgan fingerprint density at radius 1 is 1.30 bits per heavy atom. The minimum Gasteiger partial charge on any atom is -0.332 e. The predicted molar refractivity (Wildman–Crippen MR) is 85.1 cm³/mol. The number of carbonyl (C=O) groups is 1. The Labute approximate surface area is 137 Å². The molecule has 8 heteroatoms. The predicted octanol–water partition coefficient (Wildman–Crippen LogP) is 2.51. The van der Waals surface area contributed by atoms with E-state index in [4.69, 9.17) is 5.14 Å². The standard InChI is InChI=1S/C15H15FN2O3S2/c16-12-5-3-10(4-6-12)13-2-1-7-18(13)15(19)11-8-14(22-9-11)23(17,20)21/h3-6,8-9,13H,1-2,7H2,(H2,17,20,21)/t13-/m1/s1. The summed E-state index contributed by atoms with van der Waals surface area (Å²) in [7, 11) is -3.80. The highest BCUT2D eigenvalue weighted by atomic mass is 32.2. The van der Waals surface area contributed by atoms with Gasteiger partial charge in [0.2, 0.25) is 10.0 Å². The van der Waals surface area contributed by atoms with Crippen LogP contribution in [0.3, 0.4) is 0 Å². The molecule has 0 saturated carbocycles. The molecule has 1 atom stereocenters. The van der Waals surface area contributed by atoms with Crippen LogP contribution in [0.25, 0.3) is 0 Å². The summed E-state index contributed by atoms with van der Waals surface area (Å²) in [5.41, 5.74) is 1.19. The highest BCUT2D eigenvalue weighted by molar-refractivity contribution is 7.91. The van der Waals surface area contributed by atoms with Gasteiger partial charge in [-0.05, 0) is 36.6 Å². The van der Waals surface area contributed by atoms with Crippen molar-refractivity contribution in [2.24, 2.45) is 5.14 Å². The zero-order valence-corrected chi connectivity index (χ0v) is 13.7. The summed E-state index contributed by atoms with van der Waals surface area (Å²) in [6.07, 6.45) is 1.64. The summed E-state index contributed by atoms with van der Waals surface area (Å²) in [4.78, 5) is 14.4. The summed E-state index contributed by atoms with van der Waals surface area (Å²) in [5, 5.41) is 6.58. The van der Waals surface area contributed by atoms with Crippen LogP contribution >= 0.6 is 11.3 Å². The summed E-state index contributed by atoms with van der Waals surface area (Å²) in [5.74, 6) is -0.553. The summed E-state index contributed by atoms with van der Waals surface area (Å²) >= 11 is 0.933. The molecule has 0 bridgehead atoms. The van der Waals surface area contributed by atoms with Crippen LogP contribution in [0.15, 0.2) is 39.9 Å². The van der Waals surface area contributed by atoms with Crippen molar-refractivity contribution in [3.05, 3.63) is 52.7 Å². The number of nitrogens with two attached hydrogens (primary N) is 1. The molecule has 0 unspecified atom stereocenters. The van der Waals surface area contributed by atoms with Crippen LogP contribution in [0.5, 0.6) is 0 Å². The van der Waals surface area contributed by atoms with E-state index in [-0.39, 0.29) is 22.0 Å². The van der Waals surface area contributed by atoms with Gasteiger partial charge in [-0.1, -0.05) is 12.1 Å². The highest BCUT2D eigenvalue weighted by Crippen LogP contribution is 2.34. The van der Waals surface area contributed by atoms with E-state index in [1.165, 1.54) is 23.6 Å². The zero-order chi connectivity index (χ0) is 16.6. The molecule has 0 aliphatic carbocycles. The number of hydrogen-bond acceptors (Lipinski definition) is 4. The van der Waals surface area contributed by atoms with Gasteiger partial charge in [0, 0.05) is 11.9 Å². The Morgan fingerprint density at radius 3 is 2.61 bits per heavy atom. The van der Waals surface area contributed by atoms with E-state index in [2.05, 4.69) is 0 Å². The Bertz CT molecular complexity index is 831. The van der Waals surface area contributed by atoms with Gasteiger partial charge >= 0.3 is 0 Å². The molecule has 1 aliphatic heterocycles. The quantitative estimate of drug-likeness (QED) is 0.920. The van der Waals surface area contributed by atoms with Crippen molar-refractivity contribution in [3.8, 4) is 0 Å². The van der Waals surface area contributed by atoms with Crippen molar-refractivity contribution in [1.82, 2.24) is 4.90 Å². The lowest BCUT2D eigenvalue weighted by Gasteiger charge is -2.24. The maximum Gasteiger partial charge on any atom is 0.255 e. The fourth-order valence-electron chi connectivity index (χ4n) is 2.79. The first-order valence-corrected chi connectivity index (χ1v) is 9.46. The Hall–Kier alpha value is -1.77. The molecular formula is C15H15FN2O3S2. The second-order valence-corrected chi connectivity index (χ2v) is 8.11. The maximum absolute atomic E-state index is 13.1. The minimum atomic E-state index is -3.80. The molecule has 5 nitrogen and oxygen atoms in total. The number of primary sulfonamides is 1. The number of nitrogens with zero attached hydrogens (tertiary/aromatic N) is 1. The van der Waals surface area contributed by atoms with E-state index in [9.17, 15) is 17.6 Å². The van der Waals surface area contributed by atoms with Gasteiger partial charge in [0.15, 0.2) is 0 Å². The van der Waals surface area contributed by atoms with Gasteiger partial charge in [-0.3, -0.25) is 4.79 Å². The smallest absolute Gasteiger partial charge is 0.255 e. The molecule has 2 heterocycles. The van der Waals surface area contributed by atoms with Gasteiger partial charge in [-0.2, -0.15) is 0 Å². The molecule has 1 aliphatic rings. The number of amides is 1. The SMILES string of the molecule is NS(=O)(=O)c1cc(C(=O)N2CCC[C@@H]2c2ccc(F)cc2)cs1. The van der Waals surface area contributed by atoms with E-state index in [0.29, 0.717) is 12.1 Å². The number of carbonyl (C=O) groups excluding carboxylic acids is 1. The fraction of sp³-hybridized carbons (Fsp3) is 0.267. The number of sulfonamides is 1. The van der Waals surface area contributed by atoms with Crippen molar-refractivity contribution in [2.45, 2.75) is 23.1 Å².